The van der Waals surface area contributed by atoms with Gasteiger partial charge >= 0.3 is 0 Å². The van der Waals surface area contributed by atoms with Gasteiger partial charge in [-0.15, -0.1) is 0 Å². The number of hydrogen-bond donors (Lipinski definition) is 2. The quantitative estimate of drug-likeness (QED) is 0.592. The molecule has 3 nitrogen and oxygen atoms in total. The Labute approximate surface area is 70.0 Å². The summed E-state index contributed by atoms with van der Waals surface area (Å²) in [6.45, 7) is 4.06. The molecule has 0 amide bonds. The number of ether oxygens (including phenoxy) is 1. The van der Waals surface area contributed by atoms with Crippen molar-refractivity contribution in [1.29, 1.82) is 0 Å². The Morgan fingerprint density at radius 3 is 2.45 bits per heavy atom. The van der Waals surface area contributed by atoms with Crippen LogP contribution in [0.4, 0.5) is 0 Å². The molecule has 4 heteroatoms. The second-order valence-corrected chi connectivity index (χ2v) is 3.12. The van der Waals surface area contributed by atoms with Crippen molar-refractivity contribution in [3.05, 3.63) is 0 Å². The van der Waals surface area contributed by atoms with Crippen molar-refractivity contribution < 1.29 is 9.84 Å². The first-order chi connectivity index (χ1) is 5.11. The number of aliphatic hydroxyl groups excluding tert-OH is 1. The van der Waals surface area contributed by atoms with Crippen LogP contribution in [0.15, 0.2) is 0 Å². The molecule has 0 aliphatic rings. The van der Waals surface area contributed by atoms with Crippen LogP contribution in [0, 0.1) is 0 Å². The molecule has 0 saturated heterocycles. The lowest BCUT2D eigenvalue weighted by Crippen LogP contribution is -2.43. The maximum absolute atomic E-state index is 8.88. The van der Waals surface area contributed by atoms with Gasteiger partial charge < -0.3 is 15.2 Å². The van der Waals surface area contributed by atoms with Gasteiger partial charge in [-0.25, -0.2) is 0 Å². The highest BCUT2D eigenvalue weighted by Gasteiger charge is 2.11. The van der Waals surface area contributed by atoms with Crippen molar-refractivity contribution in [3.8, 4) is 0 Å². The Morgan fingerprint density at radius 2 is 2.18 bits per heavy atom. The summed E-state index contributed by atoms with van der Waals surface area (Å²) in [6.07, 6.45) is 0. The molecule has 0 fully saturated rings. The maximum atomic E-state index is 8.88. The van der Waals surface area contributed by atoms with Gasteiger partial charge in [-0.05, 0) is 0 Å². The second kappa shape index (κ2) is 5.67. The molecule has 11 heavy (non-hydrogen) atoms. The van der Waals surface area contributed by atoms with E-state index in [0.717, 1.165) is 0 Å². The van der Waals surface area contributed by atoms with Gasteiger partial charge in [-0.2, -0.15) is 0 Å². The Kier molecular flexibility index (Phi) is 5.69. The van der Waals surface area contributed by atoms with Gasteiger partial charge in [0.1, 0.15) is 0 Å². The van der Waals surface area contributed by atoms with E-state index in [4.69, 9.17) is 9.84 Å². The molecule has 0 aromatic heterocycles. The Hall–Kier alpha value is 0.0500. The van der Waals surface area contributed by atoms with Crippen LogP contribution in [0.2, 0.25) is 0 Å². The summed E-state index contributed by atoms with van der Waals surface area (Å²) in [6, 6.07) is 0.199. The molecule has 0 aromatic carbocycles. The van der Waals surface area contributed by atoms with Crippen LogP contribution in [0.25, 0.3) is 0 Å². The zero-order valence-electron chi connectivity index (χ0n) is 7.22. The van der Waals surface area contributed by atoms with Crippen molar-refractivity contribution >= 4 is 14.3 Å². The van der Waals surface area contributed by atoms with Gasteiger partial charge in [-0.3, -0.25) is 0 Å². The van der Waals surface area contributed by atoms with Gasteiger partial charge in [0, 0.05) is 13.2 Å². The topological polar surface area (TPSA) is 41.5 Å². The molecule has 2 N–H and O–H groups in total. The highest BCUT2D eigenvalue weighted by molar-refractivity contribution is 7.20. The number of methoxy groups -OCH3 is 1. The van der Waals surface area contributed by atoms with Crippen LogP contribution in [-0.4, -0.2) is 36.4 Å². The average molecular weight is 177 g/mol. The summed E-state index contributed by atoms with van der Waals surface area (Å²) in [7, 11) is 4.82. The highest BCUT2D eigenvalue weighted by atomic mass is 31.0. The molecule has 0 spiro atoms. The van der Waals surface area contributed by atoms with Crippen molar-refractivity contribution in [2.24, 2.45) is 0 Å². The van der Waals surface area contributed by atoms with Crippen LogP contribution < -0.4 is 5.32 Å². The van der Waals surface area contributed by atoms with E-state index in [-0.39, 0.29) is 12.6 Å². The second-order valence-electron chi connectivity index (χ2n) is 2.62. The van der Waals surface area contributed by atoms with Crippen molar-refractivity contribution in [1.82, 2.24) is 5.32 Å². The Morgan fingerprint density at radius 1 is 1.64 bits per heavy atom. The minimum Gasteiger partial charge on any atom is -0.394 e. The fourth-order valence-electron chi connectivity index (χ4n) is 0.756. The third-order valence-corrected chi connectivity index (χ3v) is 1.81. The van der Waals surface area contributed by atoms with Crippen LogP contribution >= 0.6 is 8.86 Å². The molecule has 0 saturated carbocycles. The molecular weight excluding hydrogens is 161 g/mol. The number of rotatable bonds is 5. The van der Waals surface area contributed by atoms with Gasteiger partial charge in [0.05, 0.1) is 18.1 Å². The lowest BCUT2D eigenvalue weighted by molar-refractivity contribution is 0.248. The van der Waals surface area contributed by atoms with Crippen LogP contribution in [0.5, 0.6) is 0 Å². The number of aliphatic hydroxyl groups is 1. The van der Waals surface area contributed by atoms with E-state index in [1.54, 1.807) is 7.11 Å². The van der Waals surface area contributed by atoms with E-state index >= 15 is 0 Å². The average Bonchev–Trinajstić information content (AvgIpc) is 1.98. The third-order valence-electron chi connectivity index (χ3n) is 1.25. The van der Waals surface area contributed by atoms with Crippen molar-refractivity contribution in [2.75, 3.05) is 13.7 Å². The smallest absolute Gasteiger partial charge is 0.0902 e. The molecular formula is C7H16NO2P. The molecule has 0 radical (unpaired) electrons. The first-order valence-corrected chi connectivity index (χ1v) is 4.11. The lowest BCUT2D eigenvalue weighted by Gasteiger charge is -2.19. The summed E-state index contributed by atoms with van der Waals surface area (Å²) in [5, 5.41) is 12.0. The normalized spacial score (nSPS) is 13.5. The molecule has 66 valence electrons. The molecule has 0 bridgehead atoms. The molecule has 0 aromatic rings. The van der Waals surface area contributed by atoms with Gasteiger partial charge in [0.25, 0.3) is 0 Å². The van der Waals surface area contributed by atoms with Gasteiger partial charge in [-0.1, -0.05) is 22.7 Å². The standard InChI is InChI=1S/C7H16NO2P/c1-5(2)8-6(4-9)7(11)10-3/h5-6,8-9,11H,4H2,1-3H3. The van der Waals surface area contributed by atoms with Crippen LogP contribution in [0.1, 0.15) is 13.8 Å². The van der Waals surface area contributed by atoms with Crippen LogP contribution in [0.3, 0.4) is 0 Å². The zero-order chi connectivity index (χ0) is 8.85. The molecule has 1 atom stereocenters. The Bertz CT molecular complexity index is 128. The van der Waals surface area contributed by atoms with Crippen molar-refractivity contribution in [2.45, 2.75) is 25.9 Å². The minimum atomic E-state index is -0.128. The summed E-state index contributed by atoms with van der Waals surface area (Å²) >= 11 is 0. The molecule has 0 aliphatic carbocycles. The fourth-order valence-corrected chi connectivity index (χ4v) is 0.931. The first kappa shape index (κ1) is 11.1. The summed E-state index contributed by atoms with van der Waals surface area (Å²) < 4.78 is 4.91. The maximum Gasteiger partial charge on any atom is 0.0902 e. The van der Waals surface area contributed by atoms with Gasteiger partial charge in [0.2, 0.25) is 0 Å². The molecule has 0 heterocycles. The predicted molar refractivity (Wildman–Crippen MR) is 49.5 cm³/mol. The number of nitrogens with one attached hydrogen (secondary N) is 1. The van der Waals surface area contributed by atoms with E-state index in [1.165, 1.54) is 0 Å². The highest BCUT2D eigenvalue weighted by Crippen LogP contribution is 1.93. The summed E-state index contributed by atoms with van der Waals surface area (Å²) in [4.78, 5) is 0. The number of hydrogen-bond acceptors (Lipinski definition) is 3. The first-order valence-electron chi connectivity index (χ1n) is 3.61. The summed E-state index contributed by atoms with van der Waals surface area (Å²) in [5.41, 5.74) is 0.626. The van der Waals surface area contributed by atoms with E-state index < -0.39 is 0 Å². The summed E-state index contributed by atoms with van der Waals surface area (Å²) in [5.74, 6) is 0. The van der Waals surface area contributed by atoms with E-state index in [9.17, 15) is 0 Å². The monoisotopic (exact) mass is 177 g/mol. The predicted octanol–water partition coefficient (Wildman–Crippen LogP) is 0.264. The largest absolute Gasteiger partial charge is 0.394 e. The molecule has 0 rings (SSSR count). The van der Waals surface area contributed by atoms with Crippen LogP contribution in [-0.2, 0) is 4.74 Å². The fraction of sp³-hybridized carbons (Fsp3) is 0.857. The SMILES string of the molecule is COC(=P)C(CO)NC(C)C. The van der Waals surface area contributed by atoms with E-state index in [2.05, 4.69) is 14.2 Å². The lowest BCUT2D eigenvalue weighted by atomic mass is 10.3. The zero-order valence-corrected chi connectivity index (χ0v) is 8.22. The minimum absolute atomic E-state index is 0.0326. The van der Waals surface area contributed by atoms with Crippen molar-refractivity contribution in [3.63, 3.8) is 0 Å². The van der Waals surface area contributed by atoms with Gasteiger partial charge in [0.15, 0.2) is 0 Å². The third kappa shape index (κ3) is 4.49. The van der Waals surface area contributed by atoms with E-state index in [1.807, 2.05) is 13.8 Å². The molecule has 0 aliphatic heterocycles. The van der Waals surface area contributed by atoms with E-state index in [0.29, 0.717) is 11.5 Å². The molecule has 1 unspecified atom stereocenters. The Balaban J connectivity index is 3.84.